The van der Waals surface area contributed by atoms with Crippen molar-refractivity contribution >= 4 is 39.6 Å². The Morgan fingerprint density at radius 3 is 1.74 bits per heavy atom. The summed E-state index contributed by atoms with van der Waals surface area (Å²) in [7, 11) is 0. The molecule has 1 aromatic heterocycles. The molecule has 0 spiro atoms. The summed E-state index contributed by atoms with van der Waals surface area (Å²) in [6.07, 6.45) is -11.6. The lowest BCUT2D eigenvalue weighted by Gasteiger charge is -2.41. The first kappa shape index (κ1) is 42.4. The van der Waals surface area contributed by atoms with Gasteiger partial charge in [-0.15, -0.1) is 0 Å². The number of aliphatic hydroxyl groups is 2. The van der Waals surface area contributed by atoms with E-state index < -0.39 is 214 Å². The van der Waals surface area contributed by atoms with Crippen LogP contribution in [0.1, 0.15) is 36.6 Å². The van der Waals surface area contributed by atoms with Crippen molar-refractivity contribution in [3.8, 4) is 103 Å². The van der Waals surface area contributed by atoms with Crippen molar-refractivity contribution in [3.63, 3.8) is 0 Å². The summed E-state index contributed by atoms with van der Waals surface area (Å²) in [4.78, 5) is 55.6. The summed E-state index contributed by atoms with van der Waals surface area (Å²) in [5.74, 6) is -22.0. The summed E-state index contributed by atoms with van der Waals surface area (Å²) < 4.78 is 32.7. The molecule has 9 rings (SSSR count). The Morgan fingerprint density at radius 1 is 0.576 bits per heavy atom. The number of hydrogen-bond acceptors (Lipinski definition) is 25. The van der Waals surface area contributed by atoms with Gasteiger partial charge in [0.05, 0.1) is 22.1 Å². The van der Waals surface area contributed by atoms with Crippen molar-refractivity contribution in [3.05, 3.63) is 56.9 Å². The third kappa shape index (κ3) is 5.91. The number of aliphatic hydroxyl groups excluding tert-OH is 2. The second-order valence-corrected chi connectivity index (χ2v) is 14.9. The van der Waals surface area contributed by atoms with Crippen LogP contribution < -0.4 is 10.4 Å². The van der Waals surface area contributed by atoms with Gasteiger partial charge in [-0.1, -0.05) is 0 Å². The maximum Gasteiger partial charge on any atom is 0.345 e. The molecule has 1 fully saturated rings. The minimum Gasteiger partial charge on any atom is -0.504 e. The normalized spacial score (nSPS) is 20.1. The van der Waals surface area contributed by atoms with Crippen LogP contribution in [0.25, 0.3) is 44.0 Å². The molecule has 25 nitrogen and oxygen atoms in total. The van der Waals surface area contributed by atoms with E-state index in [-0.39, 0.29) is 0 Å². The van der Waals surface area contributed by atoms with Crippen LogP contribution in [0.15, 0.2) is 33.5 Å². The van der Waals surface area contributed by atoms with Gasteiger partial charge < -0.3 is 105 Å². The van der Waals surface area contributed by atoms with E-state index >= 15 is 0 Å². The topological polar surface area (TPSA) is 431 Å². The summed E-state index contributed by atoms with van der Waals surface area (Å²) >= 11 is 0. The van der Waals surface area contributed by atoms with Crippen LogP contribution in [0.3, 0.4) is 0 Å². The van der Waals surface area contributed by atoms with Crippen LogP contribution in [0.2, 0.25) is 0 Å². The monoisotopic (exact) mass is 920 g/mol. The second-order valence-electron chi connectivity index (χ2n) is 14.9. The lowest BCUT2D eigenvalue weighted by atomic mass is 9.86. The molecule has 1 saturated heterocycles. The summed E-state index contributed by atoms with van der Waals surface area (Å²) in [6.45, 7) is -2.14. The molecule has 5 atom stereocenters. The molecule has 6 aromatic rings. The second kappa shape index (κ2) is 14.6. The van der Waals surface area contributed by atoms with Crippen molar-refractivity contribution in [2.75, 3.05) is 6.61 Å². The van der Waals surface area contributed by atoms with E-state index in [1.807, 2.05) is 0 Å². The zero-order chi connectivity index (χ0) is 47.7. The number of phenols is 13. The number of hydrogen-bond donors (Lipinski definition) is 15. The molecular weight excluding hydrogens is 892 g/mol. The van der Waals surface area contributed by atoms with Crippen molar-refractivity contribution in [1.29, 1.82) is 0 Å². The van der Waals surface area contributed by atoms with Gasteiger partial charge in [-0.3, -0.25) is 0 Å². The first-order valence-electron chi connectivity index (χ1n) is 18.6. The molecule has 4 heterocycles. The molecule has 6 bridgehead atoms. The van der Waals surface area contributed by atoms with Crippen LogP contribution in [-0.4, -0.2) is 132 Å². The molecule has 0 radical (unpaired) electrons. The lowest BCUT2D eigenvalue weighted by Crippen LogP contribution is -2.61. The van der Waals surface area contributed by atoms with E-state index in [0.717, 1.165) is 0 Å². The van der Waals surface area contributed by atoms with Gasteiger partial charge in [-0.25, -0.2) is 19.2 Å². The highest BCUT2D eigenvalue weighted by atomic mass is 16.7. The average molecular weight is 921 g/mol. The van der Waals surface area contributed by atoms with E-state index in [4.69, 9.17) is 28.1 Å². The number of aromatic hydroxyl groups is 13. The Hall–Kier alpha value is -8.94. The number of ether oxygens (including phenoxy) is 5. The molecular formula is C41H28O25. The first-order valence-corrected chi connectivity index (χ1v) is 18.6. The summed E-state index contributed by atoms with van der Waals surface area (Å²) in [5, 5.41) is 162. The van der Waals surface area contributed by atoms with Crippen LogP contribution >= 0.6 is 0 Å². The standard InChI is InChI=1S/C41H28O25/c42-11-1-7(2-12(43)23(11)46)37(56)66-36-32(55)33-15(63-41(36)60)6-62-38(57)8-3-13(44)25(48)27(50)17(8)20-22-21-19-10(5-61-34(21)30(53)29(20)52)18(28(51)31(54)35(19)65-40(22)59)16-9(39(58)64-33)4-14(45)24(47)26(16)49/h1-4,15,32-33,36,41-55,60H,5-6H2. The highest BCUT2D eigenvalue weighted by Gasteiger charge is 2.50. The predicted octanol–water partition coefficient (Wildman–Crippen LogP) is 1.34. The van der Waals surface area contributed by atoms with Gasteiger partial charge in [0, 0.05) is 38.6 Å². The minimum atomic E-state index is -2.47. The molecule has 25 heteroatoms. The molecule has 5 unspecified atom stereocenters. The number of fused-ring (bicyclic) bond motifs is 5. The fourth-order valence-corrected chi connectivity index (χ4v) is 8.11. The lowest BCUT2D eigenvalue weighted by molar-refractivity contribution is -0.284. The maximum absolute atomic E-state index is 14.4. The van der Waals surface area contributed by atoms with Crippen LogP contribution in [0, 0.1) is 0 Å². The number of phenolic OH excluding ortho intramolecular Hbond substituents is 13. The molecule has 66 heavy (non-hydrogen) atoms. The van der Waals surface area contributed by atoms with Crippen LogP contribution in [-0.2, 0) is 25.6 Å². The van der Waals surface area contributed by atoms with E-state index in [1.165, 1.54) is 0 Å². The number of rotatable bonds is 2. The van der Waals surface area contributed by atoms with Gasteiger partial charge in [0.15, 0.2) is 81.6 Å². The molecule has 0 amide bonds. The van der Waals surface area contributed by atoms with Gasteiger partial charge in [0.2, 0.25) is 23.0 Å². The molecule has 0 aliphatic carbocycles. The Labute approximate surface area is 362 Å². The molecule has 3 aliphatic heterocycles. The highest BCUT2D eigenvalue weighted by Crippen LogP contribution is 2.60. The summed E-state index contributed by atoms with van der Waals surface area (Å²) in [5.41, 5.74) is -9.57. The van der Waals surface area contributed by atoms with Gasteiger partial charge in [-0.05, 0) is 24.3 Å². The van der Waals surface area contributed by atoms with Gasteiger partial charge in [-0.2, -0.15) is 0 Å². The minimum absolute atomic E-state index is 0.464. The fraction of sp³-hybridized carbons (Fsp3) is 0.171. The number of benzene rings is 5. The van der Waals surface area contributed by atoms with E-state index in [1.54, 1.807) is 0 Å². The number of carbonyl (C=O) groups excluding carboxylic acids is 3. The Bertz CT molecular complexity index is 3240. The largest absolute Gasteiger partial charge is 0.504 e. The zero-order valence-corrected chi connectivity index (χ0v) is 32.4. The Balaban J connectivity index is 1.33. The summed E-state index contributed by atoms with van der Waals surface area (Å²) in [6, 6.07) is 2.16. The van der Waals surface area contributed by atoms with Gasteiger partial charge in [0.1, 0.15) is 25.4 Å². The number of esters is 3. The highest BCUT2D eigenvalue weighted by molar-refractivity contribution is 6.22. The molecule has 0 saturated carbocycles. The maximum atomic E-state index is 14.4. The Morgan fingerprint density at radius 2 is 1.12 bits per heavy atom. The zero-order valence-electron chi connectivity index (χ0n) is 32.4. The first-order chi connectivity index (χ1) is 31.1. The quantitative estimate of drug-likeness (QED) is 0.0383. The van der Waals surface area contributed by atoms with Crippen LogP contribution in [0.5, 0.6) is 80.5 Å². The van der Waals surface area contributed by atoms with E-state index in [0.29, 0.717) is 24.3 Å². The molecule has 342 valence electrons. The molecule has 5 aromatic carbocycles. The van der Waals surface area contributed by atoms with E-state index in [2.05, 4.69) is 0 Å². The van der Waals surface area contributed by atoms with Crippen molar-refractivity contribution < 1.29 is 119 Å². The predicted molar refractivity (Wildman–Crippen MR) is 209 cm³/mol. The van der Waals surface area contributed by atoms with Gasteiger partial charge in [0.25, 0.3) is 0 Å². The number of carbonyl (C=O) groups is 3. The third-order valence-electron chi connectivity index (χ3n) is 11.2. The number of cyclic esters (lactones) is 1. The SMILES string of the molecule is O=C(OC1C(O)OC2COC(=O)c3cc(O)c(O)c(O)c3-c3c(O)c(O)c4c5c3c(=O)oc3c(O)c(O)c(c(c35)CO4)-c3c(cc(O)c(O)c3O)C(=O)OC2C1O)c1cc(O)c(O)c(O)c1. The van der Waals surface area contributed by atoms with Crippen LogP contribution in [0.4, 0.5) is 0 Å². The fourth-order valence-electron chi connectivity index (χ4n) is 8.11. The average Bonchev–Trinajstić information content (AvgIpc) is 3.27. The van der Waals surface area contributed by atoms with Crippen molar-refractivity contribution in [2.45, 2.75) is 37.3 Å². The molecule has 3 aliphatic rings. The van der Waals surface area contributed by atoms with Crippen molar-refractivity contribution in [1.82, 2.24) is 0 Å². The smallest absolute Gasteiger partial charge is 0.345 e. The Kier molecular flexibility index (Phi) is 9.34. The third-order valence-corrected chi connectivity index (χ3v) is 11.2. The molecule has 15 N–H and O–H groups in total. The van der Waals surface area contributed by atoms with E-state index in [9.17, 15) is 95.8 Å². The van der Waals surface area contributed by atoms with Crippen molar-refractivity contribution in [2.24, 2.45) is 0 Å². The van der Waals surface area contributed by atoms with Gasteiger partial charge >= 0.3 is 23.5 Å².